The van der Waals surface area contributed by atoms with Gasteiger partial charge in [-0.2, -0.15) is 0 Å². The van der Waals surface area contributed by atoms with Crippen LogP contribution < -0.4 is 10.6 Å². The van der Waals surface area contributed by atoms with Crippen molar-refractivity contribution in [3.8, 4) is 0 Å². The fraction of sp³-hybridized carbons (Fsp3) is 0.294. The monoisotopic (exact) mass is 480 g/mol. The number of hydrogen-bond donors (Lipinski definition) is 2. The second-order valence-electron chi connectivity index (χ2n) is 5.13. The first-order valence-corrected chi connectivity index (χ1v) is 7.96. The molecule has 8 heteroatoms. The number of benzene rings is 1. The Hall–Kier alpha value is -1.48. The summed E-state index contributed by atoms with van der Waals surface area (Å²) in [6, 6.07) is 7.85. The van der Waals surface area contributed by atoms with Crippen LogP contribution in [0.15, 0.2) is 41.5 Å². The van der Waals surface area contributed by atoms with Crippen LogP contribution in [-0.4, -0.2) is 31.1 Å². The highest BCUT2D eigenvalue weighted by atomic mass is 127. The van der Waals surface area contributed by atoms with Crippen molar-refractivity contribution in [3.05, 3.63) is 64.4 Å². The maximum Gasteiger partial charge on any atom is 0.190 e. The van der Waals surface area contributed by atoms with Gasteiger partial charge in [0.1, 0.15) is 5.15 Å². The van der Waals surface area contributed by atoms with Gasteiger partial charge in [0.15, 0.2) is 17.6 Å². The highest BCUT2D eigenvalue weighted by molar-refractivity contribution is 14.0. The van der Waals surface area contributed by atoms with E-state index in [-0.39, 0.29) is 24.0 Å². The zero-order valence-corrected chi connectivity index (χ0v) is 16.8. The molecule has 0 amide bonds. The second kappa shape index (κ2) is 11.2. The van der Waals surface area contributed by atoms with Gasteiger partial charge in [0.05, 0.1) is 0 Å². The maximum absolute atomic E-state index is 13.6. The standard InChI is InChI=1S/C17H19ClF2N4.HI/c1-21-17(22-9-7-12-5-6-15(18)24-11-12)23-10-8-13-3-2-4-14(19)16(13)20;/h2-6,11H,7-10H2,1H3,(H2,21,22,23);1H. The summed E-state index contributed by atoms with van der Waals surface area (Å²) in [6.45, 7) is 1.11. The van der Waals surface area contributed by atoms with Crippen LogP contribution in [0.25, 0.3) is 0 Å². The number of halogens is 4. The summed E-state index contributed by atoms with van der Waals surface area (Å²) in [7, 11) is 1.65. The minimum Gasteiger partial charge on any atom is -0.356 e. The molecule has 0 unspecified atom stereocenters. The van der Waals surface area contributed by atoms with Crippen molar-refractivity contribution < 1.29 is 8.78 Å². The van der Waals surface area contributed by atoms with Crippen LogP contribution in [0, 0.1) is 11.6 Å². The van der Waals surface area contributed by atoms with Crippen LogP contribution in [-0.2, 0) is 12.8 Å². The third-order valence-corrected chi connectivity index (χ3v) is 3.66. The van der Waals surface area contributed by atoms with Crippen molar-refractivity contribution in [2.75, 3.05) is 20.1 Å². The molecule has 0 bridgehead atoms. The van der Waals surface area contributed by atoms with Gasteiger partial charge in [-0.15, -0.1) is 24.0 Å². The molecular formula is C17H20ClF2IN4. The van der Waals surface area contributed by atoms with Gasteiger partial charge in [0.2, 0.25) is 0 Å². The molecule has 25 heavy (non-hydrogen) atoms. The highest BCUT2D eigenvalue weighted by Crippen LogP contribution is 2.11. The first-order chi connectivity index (χ1) is 11.6. The molecule has 1 aromatic carbocycles. The van der Waals surface area contributed by atoms with Gasteiger partial charge in [0.25, 0.3) is 0 Å². The van der Waals surface area contributed by atoms with Gasteiger partial charge in [-0.05, 0) is 36.1 Å². The summed E-state index contributed by atoms with van der Waals surface area (Å²) in [5.74, 6) is -1.02. The first kappa shape index (κ1) is 21.6. The van der Waals surface area contributed by atoms with Gasteiger partial charge in [-0.25, -0.2) is 13.8 Å². The Labute approximate surface area is 168 Å². The Bertz CT molecular complexity index is 696. The summed E-state index contributed by atoms with van der Waals surface area (Å²) in [4.78, 5) is 8.12. The third kappa shape index (κ3) is 7.11. The minimum atomic E-state index is -0.827. The second-order valence-corrected chi connectivity index (χ2v) is 5.52. The van der Waals surface area contributed by atoms with E-state index < -0.39 is 11.6 Å². The minimum absolute atomic E-state index is 0. The van der Waals surface area contributed by atoms with E-state index in [9.17, 15) is 8.78 Å². The summed E-state index contributed by atoms with van der Waals surface area (Å²) in [6.07, 6.45) is 2.86. The maximum atomic E-state index is 13.6. The molecule has 1 aromatic heterocycles. The Morgan fingerprint density at radius 1 is 1.12 bits per heavy atom. The van der Waals surface area contributed by atoms with Crippen molar-refractivity contribution in [3.63, 3.8) is 0 Å². The number of hydrogen-bond acceptors (Lipinski definition) is 2. The quantitative estimate of drug-likeness (QED) is 0.288. The third-order valence-electron chi connectivity index (χ3n) is 3.44. The van der Waals surface area contributed by atoms with Gasteiger partial charge >= 0.3 is 0 Å². The van der Waals surface area contributed by atoms with Crippen LogP contribution in [0.4, 0.5) is 8.78 Å². The molecule has 0 atom stereocenters. The summed E-state index contributed by atoms with van der Waals surface area (Å²) in [5.41, 5.74) is 1.40. The Kier molecular flexibility index (Phi) is 9.66. The number of nitrogens with zero attached hydrogens (tertiary/aromatic N) is 2. The molecule has 0 fully saturated rings. The van der Waals surface area contributed by atoms with Crippen molar-refractivity contribution in [1.82, 2.24) is 15.6 Å². The molecule has 0 aliphatic heterocycles. The van der Waals surface area contributed by atoms with Crippen molar-refractivity contribution in [2.45, 2.75) is 12.8 Å². The smallest absolute Gasteiger partial charge is 0.190 e. The van der Waals surface area contributed by atoms with Crippen LogP contribution in [0.2, 0.25) is 5.15 Å². The summed E-state index contributed by atoms with van der Waals surface area (Å²) >= 11 is 5.74. The number of guanidine groups is 1. The molecule has 1 heterocycles. The van der Waals surface area contributed by atoms with Crippen LogP contribution in [0.3, 0.4) is 0 Å². The van der Waals surface area contributed by atoms with E-state index in [4.69, 9.17) is 11.6 Å². The SMILES string of the molecule is CN=C(NCCc1ccc(Cl)nc1)NCCc1cccc(F)c1F.I. The lowest BCUT2D eigenvalue weighted by Crippen LogP contribution is -2.39. The fourth-order valence-corrected chi connectivity index (χ4v) is 2.27. The molecule has 0 saturated carbocycles. The summed E-state index contributed by atoms with van der Waals surface area (Å²) < 4.78 is 26.7. The molecule has 0 saturated heterocycles. The lowest BCUT2D eigenvalue weighted by molar-refractivity contribution is 0.498. The number of rotatable bonds is 6. The average Bonchev–Trinajstić information content (AvgIpc) is 2.59. The lowest BCUT2D eigenvalue weighted by atomic mass is 10.1. The van der Waals surface area contributed by atoms with E-state index in [1.165, 1.54) is 6.07 Å². The lowest BCUT2D eigenvalue weighted by Gasteiger charge is -2.12. The largest absolute Gasteiger partial charge is 0.356 e. The van der Waals surface area contributed by atoms with E-state index in [1.807, 2.05) is 6.07 Å². The van der Waals surface area contributed by atoms with Crippen LogP contribution in [0.5, 0.6) is 0 Å². The predicted molar refractivity (Wildman–Crippen MR) is 108 cm³/mol. The molecular weight excluding hydrogens is 461 g/mol. The highest BCUT2D eigenvalue weighted by Gasteiger charge is 2.07. The zero-order chi connectivity index (χ0) is 17.4. The van der Waals surface area contributed by atoms with Crippen molar-refractivity contribution in [1.29, 1.82) is 0 Å². The Morgan fingerprint density at radius 2 is 1.84 bits per heavy atom. The number of aromatic nitrogens is 1. The number of nitrogens with one attached hydrogen (secondary N) is 2. The molecule has 0 aliphatic rings. The molecule has 2 rings (SSSR count). The molecule has 0 spiro atoms. The van der Waals surface area contributed by atoms with E-state index in [2.05, 4.69) is 20.6 Å². The molecule has 4 nitrogen and oxygen atoms in total. The van der Waals surface area contributed by atoms with Crippen molar-refractivity contribution >= 4 is 41.5 Å². The average molecular weight is 481 g/mol. The summed E-state index contributed by atoms with van der Waals surface area (Å²) in [5, 5.41) is 6.69. The normalized spacial score (nSPS) is 11.0. The van der Waals surface area contributed by atoms with E-state index in [0.717, 1.165) is 18.1 Å². The van der Waals surface area contributed by atoms with Crippen molar-refractivity contribution in [2.24, 2.45) is 4.99 Å². The van der Waals surface area contributed by atoms with E-state index >= 15 is 0 Å². The molecule has 0 aliphatic carbocycles. The molecule has 2 aromatic rings. The van der Waals surface area contributed by atoms with E-state index in [1.54, 1.807) is 25.4 Å². The number of pyridine rings is 1. The van der Waals surface area contributed by atoms with Gasteiger partial charge in [0, 0.05) is 26.3 Å². The molecule has 2 N–H and O–H groups in total. The Balaban J connectivity index is 0.00000312. The number of aliphatic imine (C=N–C) groups is 1. The van der Waals surface area contributed by atoms with Crippen LogP contribution >= 0.6 is 35.6 Å². The fourth-order valence-electron chi connectivity index (χ4n) is 2.16. The molecule has 0 radical (unpaired) electrons. The van der Waals surface area contributed by atoms with Gasteiger partial charge in [-0.1, -0.05) is 29.8 Å². The predicted octanol–water partition coefficient (Wildman–Crippen LogP) is 3.58. The first-order valence-electron chi connectivity index (χ1n) is 7.58. The molecule has 136 valence electrons. The zero-order valence-electron chi connectivity index (χ0n) is 13.7. The van der Waals surface area contributed by atoms with E-state index in [0.29, 0.717) is 36.2 Å². The van der Waals surface area contributed by atoms with Crippen LogP contribution in [0.1, 0.15) is 11.1 Å². The Morgan fingerprint density at radius 3 is 2.48 bits per heavy atom. The van der Waals surface area contributed by atoms with Gasteiger partial charge < -0.3 is 10.6 Å². The van der Waals surface area contributed by atoms with Gasteiger partial charge in [-0.3, -0.25) is 4.99 Å². The topological polar surface area (TPSA) is 49.3 Å².